The number of rotatable bonds is 8. The fraction of sp³-hybridized carbons (Fsp3) is 0.792. The maximum Gasteiger partial charge on any atom is 0.218 e. The van der Waals surface area contributed by atoms with Gasteiger partial charge in [0.2, 0.25) is 11.9 Å². The van der Waals surface area contributed by atoms with E-state index >= 15 is 0 Å². The Labute approximate surface area is 164 Å². The van der Waals surface area contributed by atoms with Crippen LogP contribution < -0.4 is 0 Å². The SMILES string of the molecule is CCCCC[C@H]1CC[C@H](C2CCC(CCc3ccc(F)nc3F)CC2)CC1. The third-order valence-electron chi connectivity index (χ3n) is 7.38. The third kappa shape index (κ3) is 6.26. The summed E-state index contributed by atoms with van der Waals surface area (Å²) in [7, 11) is 0. The van der Waals surface area contributed by atoms with Gasteiger partial charge >= 0.3 is 0 Å². The Morgan fingerprint density at radius 3 is 1.96 bits per heavy atom. The van der Waals surface area contributed by atoms with Crippen molar-refractivity contribution in [3.63, 3.8) is 0 Å². The first-order chi connectivity index (χ1) is 13.2. The first kappa shape index (κ1) is 20.7. The topological polar surface area (TPSA) is 12.9 Å². The minimum atomic E-state index is -0.725. The van der Waals surface area contributed by atoms with Gasteiger partial charge in [-0.05, 0) is 74.3 Å². The van der Waals surface area contributed by atoms with Crippen LogP contribution in [0, 0.1) is 35.6 Å². The lowest BCUT2D eigenvalue weighted by Crippen LogP contribution is -2.26. The van der Waals surface area contributed by atoms with Crippen LogP contribution in [-0.2, 0) is 6.42 Å². The maximum absolute atomic E-state index is 13.7. The molecule has 3 heteroatoms. The Bertz CT molecular complexity index is 557. The van der Waals surface area contributed by atoms with Crippen molar-refractivity contribution in [2.45, 2.75) is 96.8 Å². The van der Waals surface area contributed by atoms with Crippen molar-refractivity contribution in [3.05, 3.63) is 29.6 Å². The zero-order valence-electron chi connectivity index (χ0n) is 17.1. The summed E-state index contributed by atoms with van der Waals surface area (Å²) in [5, 5.41) is 0. The minimum absolute atomic E-state index is 0.569. The molecule has 3 rings (SSSR count). The van der Waals surface area contributed by atoms with E-state index in [1.807, 2.05) is 0 Å². The van der Waals surface area contributed by atoms with Crippen molar-refractivity contribution in [1.82, 2.24) is 4.98 Å². The highest BCUT2D eigenvalue weighted by atomic mass is 19.1. The molecule has 0 aromatic carbocycles. The van der Waals surface area contributed by atoms with Crippen LogP contribution in [0.15, 0.2) is 12.1 Å². The predicted octanol–water partition coefficient (Wildman–Crippen LogP) is 7.49. The number of pyridine rings is 1. The lowest BCUT2D eigenvalue weighted by atomic mass is 9.68. The van der Waals surface area contributed by atoms with Gasteiger partial charge in [-0.2, -0.15) is 13.8 Å². The molecule has 2 aliphatic carbocycles. The second-order valence-corrected chi connectivity index (χ2v) is 9.18. The molecule has 1 nitrogen and oxygen atoms in total. The van der Waals surface area contributed by atoms with Crippen molar-refractivity contribution < 1.29 is 8.78 Å². The van der Waals surface area contributed by atoms with Gasteiger partial charge in [-0.25, -0.2) is 0 Å². The van der Waals surface area contributed by atoms with Gasteiger partial charge in [0.25, 0.3) is 0 Å². The smallest absolute Gasteiger partial charge is 0.190 e. The van der Waals surface area contributed by atoms with E-state index in [1.165, 1.54) is 83.1 Å². The van der Waals surface area contributed by atoms with Crippen molar-refractivity contribution >= 4 is 0 Å². The number of unbranched alkanes of at least 4 members (excludes halogenated alkanes) is 2. The first-order valence-corrected chi connectivity index (χ1v) is 11.5. The normalized spacial score (nSPS) is 29.0. The molecule has 0 amide bonds. The van der Waals surface area contributed by atoms with E-state index in [4.69, 9.17) is 0 Å². The Hall–Kier alpha value is -0.990. The lowest BCUT2D eigenvalue weighted by Gasteiger charge is -2.38. The molecule has 152 valence electrons. The Morgan fingerprint density at radius 1 is 0.815 bits per heavy atom. The molecule has 2 fully saturated rings. The molecule has 0 spiro atoms. The molecule has 0 aliphatic heterocycles. The summed E-state index contributed by atoms with van der Waals surface area (Å²) in [4.78, 5) is 3.31. The molecule has 27 heavy (non-hydrogen) atoms. The van der Waals surface area contributed by atoms with Crippen LogP contribution in [-0.4, -0.2) is 4.98 Å². The zero-order valence-corrected chi connectivity index (χ0v) is 17.1. The average Bonchev–Trinajstić information content (AvgIpc) is 2.69. The molecular formula is C24H37F2N. The molecule has 2 saturated carbocycles. The van der Waals surface area contributed by atoms with Gasteiger partial charge in [-0.3, -0.25) is 0 Å². The van der Waals surface area contributed by atoms with Gasteiger partial charge in [0.1, 0.15) is 0 Å². The van der Waals surface area contributed by atoms with Crippen molar-refractivity contribution in [3.8, 4) is 0 Å². The number of hydrogen-bond donors (Lipinski definition) is 0. The summed E-state index contributed by atoms with van der Waals surface area (Å²) in [5.41, 5.74) is 0.569. The fourth-order valence-electron chi connectivity index (χ4n) is 5.57. The van der Waals surface area contributed by atoms with E-state index in [0.717, 1.165) is 24.2 Å². The van der Waals surface area contributed by atoms with Crippen LogP contribution >= 0.6 is 0 Å². The van der Waals surface area contributed by atoms with Crippen LogP contribution in [0.1, 0.15) is 96.0 Å². The molecular weight excluding hydrogens is 340 g/mol. The summed E-state index contributed by atoms with van der Waals surface area (Å²) < 4.78 is 26.6. The van der Waals surface area contributed by atoms with Crippen LogP contribution in [0.5, 0.6) is 0 Å². The molecule has 0 saturated heterocycles. The van der Waals surface area contributed by atoms with Crippen LogP contribution in [0.3, 0.4) is 0 Å². The lowest BCUT2D eigenvalue weighted by molar-refractivity contribution is 0.140. The minimum Gasteiger partial charge on any atom is -0.190 e. The average molecular weight is 378 g/mol. The third-order valence-corrected chi connectivity index (χ3v) is 7.38. The summed E-state index contributed by atoms with van der Waals surface area (Å²) in [6.45, 7) is 2.29. The Morgan fingerprint density at radius 2 is 1.41 bits per heavy atom. The van der Waals surface area contributed by atoms with Gasteiger partial charge < -0.3 is 0 Å². The van der Waals surface area contributed by atoms with E-state index in [2.05, 4.69) is 11.9 Å². The number of hydrogen-bond acceptors (Lipinski definition) is 1. The highest BCUT2D eigenvalue weighted by Crippen LogP contribution is 2.43. The van der Waals surface area contributed by atoms with Gasteiger partial charge in [-0.1, -0.05) is 58.3 Å². The van der Waals surface area contributed by atoms with Gasteiger partial charge in [0, 0.05) is 5.56 Å². The second kappa shape index (κ2) is 10.5. The summed E-state index contributed by atoms with van der Waals surface area (Å²) in [6, 6.07) is 2.83. The number of halogens is 2. The Balaban J connectivity index is 1.34. The number of aromatic nitrogens is 1. The summed E-state index contributed by atoms with van der Waals surface area (Å²) >= 11 is 0. The van der Waals surface area contributed by atoms with Gasteiger partial charge in [0.05, 0.1) is 0 Å². The number of nitrogens with zero attached hydrogens (tertiary/aromatic N) is 1. The van der Waals surface area contributed by atoms with E-state index in [9.17, 15) is 8.78 Å². The molecule has 1 aromatic heterocycles. The van der Waals surface area contributed by atoms with Crippen molar-refractivity contribution in [1.29, 1.82) is 0 Å². The molecule has 0 radical (unpaired) electrons. The number of aryl methyl sites for hydroxylation is 1. The van der Waals surface area contributed by atoms with Crippen LogP contribution in [0.2, 0.25) is 0 Å². The predicted molar refractivity (Wildman–Crippen MR) is 108 cm³/mol. The molecule has 0 unspecified atom stereocenters. The zero-order chi connectivity index (χ0) is 19.1. The molecule has 0 bridgehead atoms. The first-order valence-electron chi connectivity index (χ1n) is 11.5. The van der Waals surface area contributed by atoms with Crippen LogP contribution in [0.25, 0.3) is 0 Å². The van der Waals surface area contributed by atoms with Crippen LogP contribution in [0.4, 0.5) is 8.78 Å². The highest BCUT2D eigenvalue weighted by molar-refractivity contribution is 5.11. The molecule has 1 aromatic rings. The quantitative estimate of drug-likeness (QED) is 0.338. The summed E-state index contributed by atoms with van der Waals surface area (Å²) in [6.07, 6.45) is 18.5. The monoisotopic (exact) mass is 377 g/mol. The largest absolute Gasteiger partial charge is 0.218 e. The summed E-state index contributed by atoms with van der Waals surface area (Å²) in [5.74, 6) is 2.25. The van der Waals surface area contributed by atoms with E-state index in [-0.39, 0.29) is 0 Å². The molecule has 2 aliphatic rings. The van der Waals surface area contributed by atoms with Gasteiger partial charge in [-0.15, -0.1) is 0 Å². The van der Waals surface area contributed by atoms with E-state index < -0.39 is 11.9 Å². The van der Waals surface area contributed by atoms with Crippen molar-refractivity contribution in [2.24, 2.45) is 23.7 Å². The Kier molecular flexibility index (Phi) is 8.08. The standard InChI is InChI=1S/C24H37F2N/c1-2-3-4-5-18-6-11-20(12-7-18)21-13-8-19(9-14-21)10-15-22-16-17-23(25)27-24(22)26/h16-21H,2-15H2,1H3/t18-,19?,20-,21?. The molecule has 0 N–H and O–H groups in total. The van der Waals surface area contributed by atoms with E-state index in [0.29, 0.717) is 17.9 Å². The highest BCUT2D eigenvalue weighted by Gasteiger charge is 2.30. The second-order valence-electron chi connectivity index (χ2n) is 9.18. The van der Waals surface area contributed by atoms with E-state index in [1.54, 1.807) is 6.07 Å². The van der Waals surface area contributed by atoms with Gasteiger partial charge in [0.15, 0.2) is 0 Å². The molecule has 0 atom stereocenters. The fourth-order valence-corrected chi connectivity index (χ4v) is 5.57. The van der Waals surface area contributed by atoms with Crippen molar-refractivity contribution in [2.75, 3.05) is 0 Å². The molecule has 1 heterocycles. The maximum atomic E-state index is 13.7.